The molecule has 0 bridgehead atoms. The molecule has 2 atom stereocenters. The molecular weight excluding hydrogens is 642 g/mol. The molecule has 0 saturated carbocycles. The molecule has 3 aromatic heterocycles. The van der Waals surface area contributed by atoms with Crippen LogP contribution in [0.3, 0.4) is 0 Å². The van der Waals surface area contributed by atoms with Gasteiger partial charge in [0.05, 0.1) is 18.2 Å². The first-order chi connectivity index (χ1) is 22.2. The summed E-state index contributed by atoms with van der Waals surface area (Å²) in [6.07, 6.45) is -4.93. The SMILES string of the molecule is Cn1c(=O)n(CCCOC2CCCCO2)c(=O)c2c(C(O)c3ccc(C(F)(F)F)nc3)c(OC3=CCCC(OC(F)(F)F)=C3)cnc21. The lowest BCUT2D eigenvalue weighted by Crippen LogP contribution is -2.40. The molecule has 3 aromatic rings. The van der Waals surface area contributed by atoms with E-state index in [1.54, 1.807) is 0 Å². The second-order valence-corrected chi connectivity index (χ2v) is 10.8. The highest BCUT2D eigenvalue weighted by atomic mass is 19.4. The number of nitrogens with zero attached hydrogens (tertiary/aromatic N) is 4. The van der Waals surface area contributed by atoms with E-state index in [1.807, 2.05) is 0 Å². The van der Waals surface area contributed by atoms with Crippen LogP contribution < -0.4 is 16.0 Å². The van der Waals surface area contributed by atoms with E-state index in [4.69, 9.17) is 14.2 Å². The highest BCUT2D eigenvalue weighted by Crippen LogP contribution is 2.37. The zero-order chi connectivity index (χ0) is 33.9. The van der Waals surface area contributed by atoms with Crippen molar-refractivity contribution in [2.75, 3.05) is 13.2 Å². The topological polar surface area (TPSA) is 127 Å². The van der Waals surface area contributed by atoms with E-state index < -0.39 is 47.6 Å². The van der Waals surface area contributed by atoms with Gasteiger partial charge in [-0.2, -0.15) is 13.2 Å². The van der Waals surface area contributed by atoms with E-state index in [1.165, 1.54) is 13.1 Å². The number of fused-ring (bicyclic) bond motifs is 1. The number of aliphatic hydroxyl groups excluding tert-OH is 1. The van der Waals surface area contributed by atoms with Gasteiger partial charge in [0, 0.05) is 50.0 Å². The minimum atomic E-state index is -4.96. The lowest BCUT2D eigenvalue weighted by atomic mass is 9.99. The minimum absolute atomic E-state index is 0.0849. The van der Waals surface area contributed by atoms with Crippen molar-refractivity contribution in [3.63, 3.8) is 0 Å². The Bertz CT molecular complexity index is 1780. The Morgan fingerprint density at radius 3 is 2.55 bits per heavy atom. The standard InChI is InChI=1S/C30H30F6N4O7/c1-39-26-24(27(42)40(28(39)43)11-5-13-45-22-8-2-3-12-44-22)23(25(41)17-9-10-21(37-15-17)29(31,32)33)20(16-38-26)46-18-6-4-7-19(14-18)47-30(34,35)36/h6,9-10,14-16,22,25,41H,2-5,7-8,11-13H2,1H3. The molecule has 17 heteroatoms. The Labute approximate surface area is 262 Å². The van der Waals surface area contributed by atoms with E-state index in [9.17, 15) is 41.0 Å². The second kappa shape index (κ2) is 13.9. The van der Waals surface area contributed by atoms with Gasteiger partial charge in [-0.3, -0.25) is 18.9 Å². The lowest BCUT2D eigenvalue weighted by molar-refractivity contribution is -0.306. The summed E-state index contributed by atoms with van der Waals surface area (Å²) in [5, 5.41) is 11.2. The number of aliphatic hydroxyl groups is 1. The molecule has 1 saturated heterocycles. The second-order valence-electron chi connectivity index (χ2n) is 10.8. The smallest absolute Gasteiger partial charge is 0.456 e. The van der Waals surface area contributed by atoms with Crippen LogP contribution >= 0.6 is 0 Å². The Kier molecular flexibility index (Phi) is 10.1. The van der Waals surface area contributed by atoms with Gasteiger partial charge in [-0.05, 0) is 44.2 Å². The van der Waals surface area contributed by atoms with Gasteiger partial charge >= 0.3 is 18.2 Å². The molecule has 2 aliphatic rings. The summed E-state index contributed by atoms with van der Waals surface area (Å²) in [4.78, 5) is 34.7. The van der Waals surface area contributed by atoms with Crippen molar-refractivity contribution in [3.8, 4) is 5.75 Å². The Morgan fingerprint density at radius 2 is 1.89 bits per heavy atom. The summed E-state index contributed by atoms with van der Waals surface area (Å²) in [6.45, 7) is 0.619. The van der Waals surface area contributed by atoms with Gasteiger partial charge < -0.3 is 24.1 Å². The predicted molar refractivity (Wildman–Crippen MR) is 152 cm³/mol. The fourth-order valence-corrected chi connectivity index (χ4v) is 5.26. The highest BCUT2D eigenvalue weighted by molar-refractivity contribution is 5.81. The number of rotatable bonds is 10. The fourth-order valence-electron chi connectivity index (χ4n) is 5.26. The number of halogens is 6. The Balaban J connectivity index is 1.57. The largest absolute Gasteiger partial charge is 0.572 e. The molecule has 0 radical (unpaired) electrons. The van der Waals surface area contributed by atoms with Crippen LogP contribution in [0.1, 0.15) is 61.4 Å². The molecule has 0 aromatic carbocycles. The van der Waals surface area contributed by atoms with Gasteiger partial charge in [0.1, 0.15) is 29.0 Å². The van der Waals surface area contributed by atoms with Crippen molar-refractivity contribution in [1.82, 2.24) is 19.1 Å². The number of allylic oxidation sites excluding steroid dienone is 3. The number of hydrogen-bond acceptors (Lipinski definition) is 9. The summed E-state index contributed by atoms with van der Waals surface area (Å²) >= 11 is 0. The maximum absolute atomic E-state index is 13.9. The number of alkyl halides is 6. The zero-order valence-corrected chi connectivity index (χ0v) is 24.9. The van der Waals surface area contributed by atoms with Gasteiger partial charge in [0.15, 0.2) is 12.0 Å². The molecule has 11 nitrogen and oxygen atoms in total. The molecule has 1 aliphatic heterocycles. The summed E-state index contributed by atoms with van der Waals surface area (Å²) in [5.41, 5.74) is -3.51. The molecule has 1 fully saturated rings. The van der Waals surface area contributed by atoms with Crippen LogP contribution in [0, 0.1) is 0 Å². The van der Waals surface area contributed by atoms with E-state index >= 15 is 0 Å². The van der Waals surface area contributed by atoms with E-state index in [2.05, 4.69) is 14.7 Å². The number of aryl methyl sites for hydroxylation is 1. The van der Waals surface area contributed by atoms with Gasteiger partial charge in [0.25, 0.3) is 5.56 Å². The fraction of sp³-hybridized carbons (Fsp3) is 0.467. The Morgan fingerprint density at radius 1 is 1.11 bits per heavy atom. The van der Waals surface area contributed by atoms with Crippen LogP contribution in [0.5, 0.6) is 5.75 Å². The molecule has 0 amide bonds. The van der Waals surface area contributed by atoms with Gasteiger partial charge in [0.2, 0.25) is 0 Å². The normalized spacial score (nSPS) is 18.1. The van der Waals surface area contributed by atoms with Gasteiger partial charge in [-0.1, -0.05) is 6.07 Å². The van der Waals surface area contributed by atoms with Crippen molar-refractivity contribution in [1.29, 1.82) is 0 Å². The molecule has 47 heavy (non-hydrogen) atoms. The number of hydrogen-bond donors (Lipinski definition) is 1. The van der Waals surface area contributed by atoms with Crippen molar-refractivity contribution >= 4 is 11.0 Å². The van der Waals surface area contributed by atoms with Crippen LogP contribution in [-0.4, -0.2) is 50.1 Å². The monoisotopic (exact) mass is 672 g/mol. The van der Waals surface area contributed by atoms with Crippen LogP contribution in [0.4, 0.5) is 26.3 Å². The number of ether oxygens (including phenoxy) is 4. The number of pyridine rings is 2. The highest BCUT2D eigenvalue weighted by Gasteiger charge is 2.34. The molecule has 5 rings (SSSR count). The van der Waals surface area contributed by atoms with E-state index in [0.717, 1.165) is 46.5 Å². The van der Waals surface area contributed by atoms with Crippen molar-refractivity contribution in [2.24, 2.45) is 7.05 Å². The van der Waals surface area contributed by atoms with Gasteiger partial charge in [-0.15, -0.1) is 13.2 Å². The lowest BCUT2D eigenvalue weighted by Gasteiger charge is -2.23. The van der Waals surface area contributed by atoms with Crippen molar-refractivity contribution in [3.05, 3.63) is 85.9 Å². The van der Waals surface area contributed by atoms with Crippen LogP contribution in [0.2, 0.25) is 0 Å². The molecule has 1 aliphatic carbocycles. The first-order valence-electron chi connectivity index (χ1n) is 14.6. The zero-order valence-electron chi connectivity index (χ0n) is 24.9. The number of aromatic nitrogens is 4. The average molecular weight is 673 g/mol. The van der Waals surface area contributed by atoms with Crippen LogP contribution in [0.25, 0.3) is 11.0 Å². The summed E-state index contributed by atoms with van der Waals surface area (Å²) in [5.74, 6) is -0.896. The maximum atomic E-state index is 13.9. The third-order valence-electron chi connectivity index (χ3n) is 7.50. The molecule has 1 N–H and O–H groups in total. The predicted octanol–water partition coefficient (Wildman–Crippen LogP) is 5.00. The Hall–Kier alpha value is -4.22. The summed E-state index contributed by atoms with van der Waals surface area (Å²) in [7, 11) is 1.34. The third kappa shape index (κ3) is 8.02. The summed E-state index contributed by atoms with van der Waals surface area (Å²) < 4.78 is 101. The van der Waals surface area contributed by atoms with E-state index in [0.29, 0.717) is 19.1 Å². The first-order valence-corrected chi connectivity index (χ1v) is 14.6. The van der Waals surface area contributed by atoms with E-state index in [-0.39, 0.29) is 66.1 Å². The quantitative estimate of drug-likeness (QED) is 0.234. The van der Waals surface area contributed by atoms with Gasteiger partial charge in [-0.25, -0.2) is 9.78 Å². The molecule has 4 heterocycles. The van der Waals surface area contributed by atoms with Crippen LogP contribution in [0.15, 0.2) is 57.8 Å². The average Bonchev–Trinajstić information content (AvgIpc) is 3.02. The maximum Gasteiger partial charge on any atom is 0.572 e. The van der Waals surface area contributed by atoms with Crippen LogP contribution in [-0.2, 0) is 34.0 Å². The molecule has 254 valence electrons. The summed E-state index contributed by atoms with van der Waals surface area (Å²) in [6, 6.07) is 1.59. The minimum Gasteiger partial charge on any atom is -0.456 e. The molecule has 2 unspecified atom stereocenters. The van der Waals surface area contributed by atoms with Crippen molar-refractivity contribution < 1.29 is 50.4 Å². The molecule has 0 spiro atoms. The first kappa shape index (κ1) is 34.1. The molecular formula is C30H30F6N4O7. The third-order valence-corrected chi connectivity index (χ3v) is 7.50. The van der Waals surface area contributed by atoms with Crippen molar-refractivity contribution in [2.45, 2.75) is 70.0 Å².